The molecule has 154 valence electrons. The first kappa shape index (κ1) is 20.2. The van der Waals surface area contributed by atoms with Gasteiger partial charge in [0.1, 0.15) is 11.9 Å². The molecule has 0 aromatic heterocycles. The molecule has 1 aliphatic heterocycles. The molecule has 6 nitrogen and oxygen atoms in total. The minimum Gasteiger partial charge on any atom is -0.483 e. The number of fused-ring (bicyclic) bond motifs is 2. The number of nitrogens with one attached hydrogen (secondary N) is 2. The second-order valence-electron chi connectivity index (χ2n) is 7.11. The SMILES string of the molecule is CCCC1Nc2ccc(Br)cc2C(=O)N1NC(=O)COc1cccc2ccccc12. The molecule has 1 unspecified atom stereocenters. The van der Waals surface area contributed by atoms with Gasteiger partial charge in [0.2, 0.25) is 0 Å². The van der Waals surface area contributed by atoms with Crippen molar-refractivity contribution < 1.29 is 14.3 Å². The molecule has 0 bridgehead atoms. The number of hydrogen-bond acceptors (Lipinski definition) is 4. The molecule has 30 heavy (non-hydrogen) atoms. The Morgan fingerprint density at radius 2 is 1.97 bits per heavy atom. The molecule has 0 radical (unpaired) electrons. The number of carbonyl (C=O) groups excluding carboxylic acids is 2. The lowest BCUT2D eigenvalue weighted by Gasteiger charge is -2.37. The second-order valence-corrected chi connectivity index (χ2v) is 8.03. The topological polar surface area (TPSA) is 70.7 Å². The van der Waals surface area contributed by atoms with Gasteiger partial charge >= 0.3 is 0 Å². The fourth-order valence-corrected chi connectivity index (χ4v) is 3.93. The Kier molecular flexibility index (Phi) is 5.90. The lowest BCUT2D eigenvalue weighted by molar-refractivity contribution is -0.127. The predicted octanol–water partition coefficient (Wildman–Crippen LogP) is 4.71. The van der Waals surface area contributed by atoms with Gasteiger partial charge in [-0.25, -0.2) is 5.01 Å². The van der Waals surface area contributed by atoms with E-state index in [4.69, 9.17) is 4.74 Å². The Morgan fingerprint density at radius 3 is 2.80 bits per heavy atom. The van der Waals surface area contributed by atoms with Crippen LogP contribution in [0.1, 0.15) is 30.1 Å². The van der Waals surface area contributed by atoms with E-state index >= 15 is 0 Å². The maximum Gasteiger partial charge on any atom is 0.276 e. The van der Waals surface area contributed by atoms with Crippen LogP contribution in [0.2, 0.25) is 0 Å². The summed E-state index contributed by atoms with van der Waals surface area (Å²) < 4.78 is 6.57. The lowest BCUT2D eigenvalue weighted by Crippen LogP contribution is -2.58. The molecule has 0 aliphatic carbocycles. The molecule has 3 aromatic carbocycles. The van der Waals surface area contributed by atoms with Gasteiger partial charge in [-0.15, -0.1) is 0 Å². The monoisotopic (exact) mass is 467 g/mol. The van der Waals surface area contributed by atoms with Crippen molar-refractivity contribution in [1.82, 2.24) is 10.4 Å². The number of hydrazine groups is 1. The van der Waals surface area contributed by atoms with Gasteiger partial charge in [0.25, 0.3) is 11.8 Å². The van der Waals surface area contributed by atoms with Gasteiger partial charge < -0.3 is 10.1 Å². The van der Waals surface area contributed by atoms with Crippen LogP contribution >= 0.6 is 15.9 Å². The summed E-state index contributed by atoms with van der Waals surface area (Å²) in [5.74, 6) is -0.00891. The molecule has 0 saturated heterocycles. The van der Waals surface area contributed by atoms with Crippen LogP contribution in [0, 0.1) is 0 Å². The smallest absolute Gasteiger partial charge is 0.276 e. The number of ether oxygens (including phenoxy) is 1. The third-order valence-electron chi connectivity index (χ3n) is 4.98. The van der Waals surface area contributed by atoms with Crippen molar-refractivity contribution in [2.75, 3.05) is 11.9 Å². The first-order valence-corrected chi connectivity index (χ1v) is 10.7. The average molecular weight is 468 g/mol. The van der Waals surface area contributed by atoms with E-state index in [0.29, 0.717) is 17.7 Å². The quantitative estimate of drug-likeness (QED) is 0.550. The summed E-state index contributed by atoms with van der Waals surface area (Å²) in [5, 5.41) is 6.68. The minimum absolute atomic E-state index is 0.192. The van der Waals surface area contributed by atoms with E-state index in [1.807, 2.05) is 61.5 Å². The first-order chi connectivity index (χ1) is 14.6. The molecule has 2 amide bonds. The summed E-state index contributed by atoms with van der Waals surface area (Å²) in [6.07, 6.45) is 1.24. The summed E-state index contributed by atoms with van der Waals surface area (Å²) in [6.45, 7) is 1.84. The molecular formula is C23H22BrN3O3. The Labute approximate surface area is 183 Å². The molecule has 2 N–H and O–H groups in total. The van der Waals surface area contributed by atoms with E-state index in [2.05, 4.69) is 26.7 Å². The number of benzene rings is 3. The number of halogens is 1. The molecule has 4 rings (SSSR count). The normalized spacial score (nSPS) is 15.5. The molecular weight excluding hydrogens is 446 g/mol. The number of hydrogen-bond donors (Lipinski definition) is 2. The van der Waals surface area contributed by atoms with Gasteiger partial charge in [-0.2, -0.15) is 0 Å². The summed E-state index contributed by atoms with van der Waals surface area (Å²) in [5.41, 5.74) is 3.99. The highest BCUT2D eigenvalue weighted by Gasteiger charge is 2.33. The summed E-state index contributed by atoms with van der Waals surface area (Å²) >= 11 is 3.40. The van der Waals surface area contributed by atoms with Crippen molar-refractivity contribution >= 4 is 44.2 Å². The van der Waals surface area contributed by atoms with Crippen LogP contribution in [0.4, 0.5) is 5.69 Å². The number of carbonyl (C=O) groups is 2. The fraction of sp³-hybridized carbons (Fsp3) is 0.217. The maximum atomic E-state index is 13.0. The van der Waals surface area contributed by atoms with Gasteiger partial charge in [-0.05, 0) is 36.1 Å². The molecule has 0 spiro atoms. The molecule has 1 heterocycles. The van der Waals surface area contributed by atoms with E-state index in [0.717, 1.165) is 27.4 Å². The van der Waals surface area contributed by atoms with Crippen molar-refractivity contribution in [2.24, 2.45) is 0 Å². The van der Waals surface area contributed by atoms with Gasteiger partial charge in [-0.3, -0.25) is 15.0 Å². The Hall–Kier alpha value is -3.06. The van der Waals surface area contributed by atoms with Crippen LogP contribution in [0.3, 0.4) is 0 Å². The first-order valence-electron chi connectivity index (χ1n) is 9.86. The van der Waals surface area contributed by atoms with Gasteiger partial charge in [0.15, 0.2) is 6.61 Å². The standard InChI is InChI=1S/C23H22BrN3O3/c1-2-6-21-25-19-12-11-16(24)13-18(19)23(29)27(21)26-22(28)14-30-20-10-5-8-15-7-3-4-9-17(15)20/h3-5,7-13,21,25H,2,6,14H2,1H3,(H,26,28). The Balaban J connectivity index is 1.49. The predicted molar refractivity (Wildman–Crippen MR) is 120 cm³/mol. The van der Waals surface area contributed by atoms with Gasteiger partial charge in [0, 0.05) is 15.5 Å². The third-order valence-corrected chi connectivity index (χ3v) is 5.47. The average Bonchev–Trinajstić information content (AvgIpc) is 2.75. The zero-order valence-corrected chi connectivity index (χ0v) is 18.1. The fourth-order valence-electron chi connectivity index (χ4n) is 3.57. The highest BCUT2D eigenvalue weighted by Crippen LogP contribution is 2.29. The van der Waals surface area contributed by atoms with Crippen LogP contribution in [0.25, 0.3) is 10.8 Å². The van der Waals surface area contributed by atoms with Crippen molar-refractivity contribution in [3.05, 3.63) is 70.7 Å². The zero-order chi connectivity index (χ0) is 21.1. The molecule has 1 aliphatic rings. The van der Waals surface area contributed by atoms with Crippen LogP contribution < -0.4 is 15.5 Å². The van der Waals surface area contributed by atoms with Crippen LogP contribution in [-0.4, -0.2) is 29.6 Å². The maximum absolute atomic E-state index is 13.0. The van der Waals surface area contributed by atoms with Crippen molar-refractivity contribution in [3.63, 3.8) is 0 Å². The summed E-state index contributed by atoms with van der Waals surface area (Å²) in [7, 11) is 0. The number of nitrogens with zero attached hydrogens (tertiary/aromatic N) is 1. The van der Waals surface area contributed by atoms with Gasteiger partial charge in [0.05, 0.1) is 5.56 Å². The number of rotatable bonds is 6. The van der Waals surface area contributed by atoms with E-state index in [-0.39, 0.29) is 18.7 Å². The van der Waals surface area contributed by atoms with E-state index in [1.165, 1.54) is 5.01 Å². The Morgan fingerprint density at radius 1 is 1.17 bits per heavy atom. The second kappa shape index (κ2) is 8.75. The molecule has 0 fully saturated rings. The molecule has 1 atom stereocenters. The highest BCUT2D eigenvalue weighted by molar-refractivity contribution is 9.10. The molecule has 7 heteroatoms. The van der Waals surface area contributed by atoms with E-state index in [9.17, 15) is 9.59 Å². The van der Waals surface area contributed by atoms with Crippen molar-refractivity contribution in [1.29, 1.82) is 0 Å². The van der Waals surface area contributed by atoms with Crippen LogP contribution in [-0.2, 0) is 4.79 Å². The zero-order valence-electron chi connectivity index (χ0n) is 16.5. The summed E-state index contributed by atoms with van der Waals surface area (Å²) in [6, 6.07) is 19.0. The van der Waals surface area contributed by atoms with Crippen LogP contribution in [0.5, 0.6) is 5.75 Å². The van der Waals surface area contributed by atoms with Crippen LogP contribution in [0.15, 0.2) is 65.1 Å². The largest absolute Gasteiger partial charge is 0.483 e. The van der Waals surface area contributed by atoms with Crippen molar-refractivity contribution in [3.8, 4) is 5.75 Å². The third kappa shape index (κ3) is 4.11. The van der Waals surface area contributed by atoms with E-state index in [1.54, 1.807) is 6.07 Å². The van der Waals surface area contributed by atoms with Gasteiger partial charge in [-0.1, -0.05) is 65.7 Å². The van der Waals surface area contributed by atoms with Crippen molar-refractivity contribution in [2.45, 2.75) is 25.9 Å². The molecule has 0 saturated carbocycles. The summed E-state index contributed by atoms with van der Waals surface area (Å²) in [4.78, 5) is 25.7. The number of amides is 2. The minimum atomic E-state index is -0.391. The molecule has 3 aromatic rings. The Bertz CT molecular complexity index is 1100. The van der Waals surface area contributed by atoms with E-state index < -0.39 is 5.91 Å². The lowest BCUT2D eigenvalue weighted by atomic mass is 10.1. The highest BCUT2D eigenvalue weighted by atomic mass is 79.9. The number of anilines is 1.